The van der Waals surface area contributed by atoms with E-state index in [-0.39, 0.29) is 5.60 Å². The van der Waals surface area contributed by atoms with E-state index in [2.05, 4.69) is 0 Å². The third kappa shape index (κ3) is 2.86. The summed E-state index contributed by atoms with van der Waals surface area (Å²) in [5.74, 6) is 1.73. The monoisotopic (exact) mass is 208 g/mol. The first-order valence-corrected chi connectivity index (χ1v) is 5.21. The van der Waals surface area contributed by atoms with Gasteiger partial charge in [-0.25, -0.2) is 0 Å². The fraction of sp³-hybridized carbons (Fsp3) is 0.500. The van der Waals surface area contributed by atoms with Crippen LogP contribution in [0.25, 0.3) is 0 Å². The van der Waals surface area contributed by atoms with E-state index in [0.29, 0.717) is 13.2 Å². The first kappa shape index (κ1) is 10.3. The molecule has 1 atom stereocenters. The Balaban J connectivity index is 1.86. The van der Waals surface area contributed by atoms with Crippen molar-refractivity contribution in [1.82, 2.24) is 0 Å². The number of benzene rings is 1. The van der Waals surface area contributed by atoms with E-state index in [0.717, 1.165) is 18.1 Å². The molecule has 0 saturated carbocycles. The van der Waals surface area contributed by atoms with E-state index in [1.54, 1.807) is 0 Å². The number of hydrogen-bond acceptors (Lipinski definition) is 3. The predicted octanol–water partition coefficient (Wildman–Crippen LogP) is 2.25. The van der Waals surface area contributed by atoms with Gasteiger partial charge in [0.2, 0.25) is 0 Å². The number of epoxide rings is 1. The Labute approximate surface area is 90.0 Å². The highest BCUT2D eigenvalue weighted by molar-refractivity contribution is 5.31. The molecule has 82 valence electrons. The van der Waals surface area contributed by atoms with Crippen LogP contribution in [0.2, 0.25) is 0 Å². The first-order chi connectivity index (χ1) is 7.22. The Morgan fingerprint density at radius 1 is 1.20 bits per heavy atom. The van der Waals surface area contributed by atoms with Crippen LogP contribution in [0.5, 0.6) is 11.5 Å². The summed E-state index contributed by atoms with van der Waals surface area (Å²) in [6.07, 6.45) is 0. The SMILES string of the molecule is CCOc1ccc(OCC2(C)CO2)cc1. The molecule has 1 heterocycles. The zero-order valence-corrected chi connectivity index (χ0v) is 9.16. The van der Waals surface area contributed by atoms with Crippen LogP contribution in [-0.2, 0) is 4.74 Å². The van der Waals surface area contributed by atoms with E-state index in [4.69, 9.17) is 14.2 Å². The molecular weight excluding hydrogens is 192 g/mol. The molecule has 1 aromatic carbocycles. The molecule has 1 fully saturated rings. The number of hydrogen-bond donors (Lipinski definition) is 0. The van der Waals surface area contributed by atoms with Gasteiger partial charge in [0.15, 0.2) is 0 Å². The van der Waals surface area contributed by atoms with Crippen LogP contribution in [0.1, 0.15) is 13.8 Å². The third-order valence-electron chi connectivity index (χ3n) is 2.32. The molecule has 0 N–H and O–H groups in total. The van der Waals surface area contributed by atoms with Crippen LogP contribution in [0.15, 0.2) is 24.3 Å². The number of ether oxygens (including phenoxy) is 3. The van der Waals surface area contributed by atoms with Crippen molar-refractivity contribution in [2.24, 2.45) is 0 Å². The lowest BCUT2D eigenvalue weighted by atomic mass is 10.2. The largest absolute Gasteiger partial charge is 0.494 e. The second-order valence-electron chi connectivity index (χ2n) is 3.93. The fourth-order valence-corrected chi connectivity index (χ4v) is 1.24. The van der Waals surface area contributed by atoms with E-state index in [1.165, 1.54) is 0 Å². The molecule has 0 radical (unpaired) electrons. The summed E-state index contributed by atoms with van der Waals surface area (Å²) in [6.45, 7) is 6.11. The van der Waals surface area contributed by atoms with Crippen molar-refractivity contribution in [3.63, 3.8) is 0 Å². The maximum absolute atomic E-state index is 5.59. The van der Waals surface area contributed by atoms with Crippen LogP contribution in [0.3, 0.4) is 0 Å². The Morgan fingerprint density at radius 3 is 2.20 bits per heavy atom. The maximum Gasteiger partial charge on any atom is 0.123 e. The van der Waals surface area contributed by atoms with Gasteiger partial charge in [0, 0.05) is 0 Å². The van der Waals surface area contributed by atoms with Crippen molar-refractivity contribution in [2.75, 3.05) is 19.8 Å². The van der Waals surface area contributed by atoms with Crippen LogP contribution in [0, 0.1) is 0 Å². The van der Waals surface area contributed by atoms with Gasteiger partial charge in [-0.1, -0.05) is 0 Å². The Bertz CT molecular complexity index is 314. The van der Waals surface area contributed by atoms with Gasteiger partial charge in [0.1, 0.15) is 23.7 Å². The quantitative estimate of drug-likeness (QED) is 0.695. The molecule has 0 aliphatic carbocycles. The van der Waals surface area contributed by atoms with Crippen molar-refractivity contribution in [3.8, 4) is 11.5 Å². The summed E-state index contributed by atoms with van der Waals surface area (Å²) >= 11 is 0. The molecule has 0 spiro atoms. The Kier molecular flexibility index (Phi) is 2.82. The smallest absolute Gasteiger partial charge is 0.123 e. The second-order valence-corrected chi connectivity index (χ2v) is 3.93. The lowest BCUT2D eigenvalue weighted by molar-refractivity contribution is 0.202. The predicted molar refractivity (Wildman–Crippen MR) is 57.5 cm³/mol. The van der Waals surface area contributed by atoms with Crippen molar-refractivity contribution in [1.29, 1.82) is 0 Å². The summed E-state index contributed by atoms with van der Waals surface area (Å²) < 4.78 is 16.2. The minimum Gasteiger partial charge on any atom is -0.494 e. The summed E-state index contributed by atoms with van der Waals surface area (Å²) in [6, 6.07) is 7.65. The third-order valence-corrected chi connectivity index (χ3v) is 2.32. The lowest BCUT2D eigenvalue weighted by Gasteiger charge is -2.09. The molecule has 1 aromatic rings. The van der Waals surface area contributed by atoms with Crippen LogP contribution >= 0.6 is 0 Å². The molecule has 0 bridgehead atoms. The van der Waals surface area contributed by atoms with Gasteiger partial charge in [-0.2, -0.15) is 0 Å². The van der Waals surface area contributed by atoms with Gasteiger partial charge >= 0.3 is 0 Å². The highest BCUT2D eigenvalue weighted by atomic mass is 16.6. The van der Waals surface area contributed by atoms with E-state index in [9.17, 15) is 0 Å². The molecule has 3 nitrogen and oxygen atoms in total. The molecule has 1 saturated heterocycles. The normalized spacial score (nSPS) is 23.6. The van der Waals surface area contributed by atoms with Gasteiger partial charge < -0.3 is 14.2 Å². The highest BCUT2D eigenvalue weighted by Crippen LogP contribution is 2.27. The maximum atomic E-state index is 5.59. The van der Waals surface area contributed by atoms with Crippen LogP contribution in [0.4, 0.5) is 0 Å². The van der Waals surface area contributed by atoms with Crippen molar-refractivity contribution in [2.45, 2.75) is 19.4 Å². The summed E-state index contributed by atoms with van der Waals surface area (Å²) in [4.78, 5) is 0. The average molecular weight is 208 g/mol. The molecule has 1 aliphatic rings. The van der Waals surface area contributed by atoms with Gasteiger partial charge in [0.25, 0.3) is 0 Å². The molecule has 1 aliphatic heterocycles. The van der Waals surface area contributed by atoms with Crippen molar-refractivity contribution >= 4 is 0 Å². The van der Waals surface area contributed by atoms with Gasteiger partial charge in [-0.05, 0) is 38.1 Å². The van der Waals surface area contributed by atoms with Crippen LogP contribution < -0.4 is 9.47 Å². The Morgan fingerprint density at radius 2 is 1.73 bits per heavy atom. The van der Waals surface area contributed by atoms with E-state index >= 15 is 0 Å². The second kappa shape index (κ2) is 4.11. The molecular formula is C12H16O3. The molecule has 3 heteroatoms. The lowest BCUT2D eigenvalue weighted by Crippen LogP contribution is -2.16. The zero-order valence-electron chi connectivity index (χ0n) is 9.16. The van der Waals surface area contributed by atoms with Gasteiger partial charge in [-0.3, -0.25) is 0 Å². The Hall–Kier alpha value is -1.22. The number of rotatable bonds is 5. The summed E-state index contributed by atoms with van der Waals surface area (Å²) in [7, 11) is 0. The zero-order chi connectivity index (χ0) is 10.7. The summed E-state index contributed by atoms with van der Waals surface area (Å²) in [5.41, 5.74) is -0.0570. The molecule has 2 rings (SSSR count). The molecule has 15 heavy (non-hydrogen) atoms. The average Bonchev–Trinajstić information content (AvgIpc) is 2.97. The van der Waals surface area contributed by atoms with E-state index < -0.39 is 0 Å². The standard InChI is InChI=1S/C12H16O3/c1-3-13-10-4-6-11(7-5-10)14-8-12(2)9-15-12/h4-7H,3,8-9H2,1-2H3. The fourth-order valence-electron chi connectivity index (χ4n) is 1.24. The van der Waals surface area contributed by atoms with Gasteiger partial charge in [-0.15, -0.1) is 0 Å². The highest BCUT2D eigenvalue weighted by Gasteiger charge is 2.40. The molecule has 0 amide bonds. The molecule has 0 aromatic heterocycles. The minimum atomic E-state index is -0.0570. The summed E-state index contributed by atoms with van der Waals surface area (Å²) in [5, 5.41) is 0. The van der Waals surface area contributed by atoms with Gasteiger partial charge in [0.05, 0.1) is 13.2 Å². The van der Waals surface area contributed by atoms with E-state index in [1.807, 2.05) is 38.1 Å². The minimum absolute atomic E-state index is 0.0570. The topological polar surface area (TPSA) is 31.0 Å². The molecule has 1 unspecified atom stereocenters. The van der Waals surface area contributed by atoms with Crippen molar-refractivity contribution < 1.29 is 14.2 Å². The first-order valence-electron chi connectivity index (χ1n) is 5.21. The van der Waals surface area contributed by atoms with Crippen LogP contribution in [-0.4, -0.2) is 25.4 Å². The van der Waals surface area contributed by atoms with Crippen molar-refractivity contribution in [3.05, 3.63) is 24.3 Å².